The Morgan fingerprint density at radius 1 is 1.44 bits per heavy atom. The van der Waals surface area contributed by atoms with Crippen LogP contribution in [0.5, 0.6) is 0 Å². The average molecular weight is 246 g/mol. The highest BCUT2D eigenvalue weighted by Crippen LogP contribution is 2.35. The first-order valence-electron chi connectivity index (χ1n) is 6.62. The summed E-state index contributed by atoms with van der Waals surface area (Å²) in [6.07, 6.45) is 5.09. The van der Waals surface area contributed by atoms with Crippen LogP contribution in [0.4, 0.5) is 0 Å². The highest BCUT2D eigenvalue weighted by molar-refractivity contribution is 5.90. The molecule has 1 aliphatic carbocycles. The van der Waals surface area contributed by atoms with E-state index in [4.69, 9.17) is 10.5 Å². The molecule has 0 saturated carbocycles. The molecule has 0 aromatic carbocycles. The molecule has 0 bridgehead atoms. The smallest absolute Gasteiger partial charge is 0.170 e. The quantitative estimate of drug-likeness (QED) is 0.870. The summed E-state index contributed by atoms with van der Waals surface area (Å²) in [6, 6.07) is 4.00. The topological polar surface area (TPSA) is 65.2 Å². The van der Waals surface area contributed by atoms with Crippen molar-refractivity contribution in [2.45, 2.75) is 43.8 Å². The monoisotopic (exact) mass is 246 g/mol. The fourth-order valence-electron chi connectivity index (χ4n) is 3.00. The molecule has 3 unspecified atom stereocenters. The van der Waals surface area contributed by atoms with Gasteiger partial charge in [-0.3, -0.25) is 9.78 Å². The zero-order valence-corrected chi connectivity index (χ0v) is 10.3. The van der Waals surface area contributed by atoms with Gasteiger partial charge in [-0.05, 0) is 37.3 Å². The maximum atomic E-state index is 12.5. The van der Waals surface area contributed by atoms with Crippen LogP contribution in [-0.4, -0.2) is 29.5 Å². The SMILES string of the molecule is NCC1CCC(C(=O)C2CCc3cccnc32)O1. The van der Waals surface area contributed by atoms with Crippen molar-refractivity contribution < 1.29 is 9.53 Å². The Labute approximate surface area is 107 Å². The lowest BCUT2D eigenvalue weighted by atomic mass is 9.95. The summed E-state index contributed by atoms with van der Waals surface area (Å²) in [4.78, 5) is 16.8. The largest absolute Gasteiger partial charge is 0.366 e. The summed E-state index contributed by atoms with van der Waals surface area (Å²) in [7, 11) is 0. The number of Topliss-reactive ketones (excluding diaryl/α,β-unsaturated/α-hetero) is 1. The molecule has 4 heteroatoms. The van der Waals surface area contributed by atoms with Crippen molar-refractivity contribution in [2.75, 3.05) is 6.54 Å². The molecule has 2 N–H and O–H groups in total. The molecule has 1 saturated heterocycles. The van der Waals surface area contributed by atoms with E-state index in [1.807, 2.05) is 6.07 Å². The highest BCUT2D eigenvalue weighted by atomic mass is 16.5. The molecule has 3 atom stereocenters. The van der Waals surface area contributed by atoms with Crippen molar-refractivity contribution in [3.63, 3.8) is 0 Å². The molecule has 1 fully saturated rings. The molecule has 4 nitrogen and oxygen atoms in total. The molecular weight excluding hydrogens is 228 g/mol. The summed E-state index contributed by atoms with van der Waals surface area (Å²) in [5.74, 6) is 0.131. The standard InChI is InChI=1S/C14H18N2O2/c15-8-10-4-6-12(18-10)14(17)11-5-3-9-2-1-7-16-13(9)11/h1-2,7,10-12H,3-6,8,15H2. The number of fused-ring (bicyclic) bond motifs is 1. The molecule has 0 spiro atoms. The van der Waals surface area contributed by atoms with Gasteiger partial charge >= 0.3 is 0 Å². The fraction of sp³-hybridized carbons (Fsp3) is 0.571. The van der Waals surface area contributed by atoms with Gasteiger partial charge in [-0.1, -0.05) is 6.07 Å². The van der Waals surface area contributed by atoms with Crippen LogP contribution >= 0.6 is 0 Å². The predicted octanol–water partition coefficient (Wildman–Crippen LogP) is 1.19. The first-order valence-corrected chi connectivity index (χ1v) is 6.62. The number of aromatic nitrogens is 1. The van der Waals surface area contributed by atoms with Crippen molar-refractivity contribution in [3.8, 4) is 0 Å². The number of nitrogens with zero attached hydrogens (tertiary/aromatic N) is 1. The lowest BCUT2D eigenvalue weighted by molar-refractivity contribution is -0.131. The Morgan fingerprint density at radius 3 is 3.11 bits per heavy atom. The number of hydrogen-bond acceptors (Lipinski definition) is 4. The third-order valence-electron chi connectivity index (χ3n) is 3.99. The number of nitrogens with two attached hydrogens (primary N) is 1. The van der Waals surface area contributed by atoms with Crippen LogP contribution in [0.1, 0.15) is 36.4 Å². The van der Waals surface area contributed by atoms with E-state index in [1.54, 1.807) is 6.20 Å². The third-order valence-corrected chi connectivity index (χ3v) is 3.99. The number of pyridine rings is 1. The van der Waals surface area contributed by atoms with Gasteiger partial charge in [-0.25, -0.2) is 0 Å². The molecule has 3 rings (SSSR count). The Morgan fingerprint density at radius 2 is 2.33 bits per heavy atom. The first-order chi connectivity index (χ1) is 8.79. The molecule has 18 heavy (non-hydrogen) atoms. The van der Waals surface area contributed by atoms with Gasteiger partial charge in [0.05, 0.1) is 17.7 Å². The van der Waals surface area contributed by atoms with Gasteiger partial charge in [0.15, 0.2) is 5.78 Å². The number of carbonyl (C=O) groups excluding carboxylic acids is 1. The van der Waals surface area contributed by atoms with E-state index in [0.29, 0.717) is 6.54 Å². The van der Waals surface area contributed by atoms with Gasteiger partial charge in [0.1, 0.15) is 6.10 Å². The lowest BCUT2D eigenvalue weighted by Gasteiger charge is -2.16. The second-order valence-electron chi connectivity index (χ2n) is 5.10. The summed E-state index contributed by atoms with van der Waals surface area (Å²) in [5.41, 5.74) is 7.75. The van der Waals surface area contributed by atoms with Crippen molar-refractivity contribution in [1.29, 1.82) is 0 Å². The van der Waals surface area contributed by atoms with E-state index in [9.17, 15) is 4.79 Å². The summed E-state index contributed by atoms with van der Waals surface area (Å²) < 4.78 is 5.70. The third kappa shape index (κ3) is 1.95. The van der Waals surface area contributed by atoms with Crippen LogP contribution in [0, 0.1) is 0 Å². The highest BCUT2D eigenvalue weighted by Gasteiger charge is 2.38. The number of hydrogen-bond donors (Lipinski definition) is 1. The second-order valence-corrected chi connectivity index (χ2v) is 5.10. The van der Waals surface area contributed by atoms with Crippen molar-refractivity contribution >= 4 is 5.78 Å². The van der Waals surface area contributed by atoms with E-state index in [1.165, 1.54) is 5.56 Å². The average Bonchev–Trinajstić information content (AvgIpc) is 3.04. The van der Waals surface area contributed by atoms with Gasteiger partial charge in [0, 0.05) is 12.7 Å². The molecular formula is C14H18N2O2. The minimum Gasteiger partial charge on any atom is -0.366 e. The predicted molar refractivity (Wildman–Crippen MR) is 67.3 cm³/mol. The molecule has 1 aromatic rings. The van der Waals surface area contributed by atoms with Crippen LogP contribution in [0.2, 0.25) is 0 Å². The minimum absolute atomic E-state index is 0.0588. The molecule has 2 heterocycles. The molecule has 0 amide bonds. The van der Waals surface area contributed by atoms with Crippen LogP contribution < -0.4 is 5.73 Å². The summed E-state index contributed by atoms with van der Waals surface area (Å²) in [6.45, 7) is 0.503. The maximum absolute atomic E-state index is 12.5. The Hall–Kier alpha value is -1.26. The van der Waals surface area contributed by atoms with Crippen LogP contribution in [0.3, 0.4) is 0 Å². The Bertz CT molecular complexity index is 461. The maximum Gasteiger partial charge on any atom is 0.170 e. The van der Waals surface area contributed by atoms with Crippen LogP contribution in [0.15, 0.2) is 18.3 Å². The van der Waals surface area contributed by atoms with Gasteiger partial charge in [0.2, 0.25) is 0 Å². The number of carbonyl (C=O) groups is 1. The van der Waals surface area contributed by atoms with Crippen molar-refractivity contribution in [3.05, 3.63) is 29.6 Å². The van der Waals surface area contributed by atoms with Crippen molar-refractivity contribution in [2.24, 2.45) is 5.73 Å². The van der Waals surface area contributed by atoms with Crippen LogP contribution in [0.25, 0.3) is 0 Å². The van der Waals surface area contributed by atoms with Crippen molar-refractivity contribution in [1.82, 2.24) is 4.98 Å². The fourth-order valence-corrected chi connectivity index (χ4v) is 3.00. The summed E-state index contributed by atoms with van der Waals surface area (Å²) >= 11 is 0. The van der Waals surface area contributed by atoms with Gasteiger partial charge in [0.25, 0.3) is 0 Å². The molecule has 96 valence electrons. The van der Waals surface area contributed by atoms with Gasteiger partial charge in [-0.2, -0.15) is 0 Å². The Balaban J connectivity index is 1.75. The normalized spacial score (nSPS) is 30.4. The lowest BCUT2D eigenvalue weighted by Crippen LogP contribution is -2.28. The number of aryl methyl sites for hydroxylation is 1. The Kier molecular flexibility index (Phi) is 3.14. The zero-order valence-electron chi connectivity index (χ0n) is 10.3. The molecule has 1 aromatic heterocycles. The zero-order chi connectivity index (χ0) is 12.5. The van der Waals surface area contributed by atoms with Gasteiger partial charge < -0.3 is 10.5 Å². The van der Waals surface area contributed by atoms with E-state index in [0.717, 1.165) is 31.4 Å². The molecule has 2 aliphatic rings. The number of ether oxygens (including phenoxy) is 1. The van der Waals surface area contributed by atoms with E-state index in [-0.39, 0.29) is 23.9 Å². The molecule has 1 aliphatic heterocycles. The van der Waals surface area contributed by atoms with E-state index >= 15 is 0 Å². The second kappa shape index (κ2) is 4.78. The number of ketones is 1. The summed E-state index contributed by atoms with van der Waals surface area (Å²) in [5, 5.41) is 0. The van der Waals surface area contributed by atoms with Crippen LogP contribution in [-0.2, 0) is 16.0 Å². The van der Waals surface area contributed by atoms with Gasteiger partial charge in [-0.15, -0.1) is 0 Å². The first kappa shape index (κ1) is 11.8. The number of rotatable bonds is 3. The van der Waals surface area contributed by atoms with E-state index in [2.05, 4.69) is 11.1 Å². The minimum atomic E-state index is -0.267. The molecule has 0 radical (unpaired) electrons. The van der Waals surface area contributed by atoms with E-state index < -0.39 is 0 Å².